The van der Waals surface area contributed by atoms with Crippen molar-refractivity contribution in [3.63, 3.8) is 0 Å². The minimum atomic E-state index is -1.27. The summed E-state index contributed by atoms with van der Waals surface area (Å²) in [5.41, 5.74) is 8.30. The molecule has 7 rings (SSSR count). The smallest absolute Gasteiger partial charge is 0.131 e. The van der Waals surface area contributed by atoms with Crippen LogP contribution in [0, 0.1) is 30.3 Å². The van der Waals surface area contributed by atoms with Crippen molar-refractivity contribution in [2.45, 2.75) is 53.8 Å². The third-order valence-electron chi connectivity index (χ3n) is 8.32. The SMILES string of the molecule is CC(C)(C)Cc1ccnc(-c2[c-]cc3sc4ccc(F)c(-c5ccccc5)c4c3c2)c1.Cc1cc(-c2[c-]cccc2)ncc1[Si](C)(C)C.[Ir]. The second-order valence-corrected chi connectivity index (χ2v) is 20.7. The number of thiophene rings is 1. The van der Waals surface area contributed by atoms with Crippen molar-refractivity contribution in [2.75, 3.05) is 0 Å². The van der Waals surface area contributed by atoms with Crippen LogP contribution in [0.4, 0.5) is 4.39 Å². The molecule has 1 radical (unpaired) electrons. The van der Waals surface area contributed by atoms with E-state index in [0.717, 1.165) is 54.7 Å². The predicted molar refractivity (Wildman–Crippen MR) is 206 cm³/mol. The van der Waals surface area contributed by atoms with Gasteiger partial charge in [0.1, 0.15) is 5.82 Å². The van der Waals surface area contributed by atoms with E-state index in [1.165, 1.54) is 16.3 Å². The molecule has 2 nitrogen and oxygen atoms in total. The molecule has 0 aliphatic carbocycles. The second kappa shape index (κ2) is 15.0. The molecular formula is C43H41FIrN2SSi-2. The number of rotatable bonds is 5. The molecule has 251 valence electrons. The van der Waals surface area contributed by atoms with E-state index in [1.807, 2.05) is 66.9 Å². The van der Waals surface area contributed by atoms with Crippen molar-refractivity contribution in [1.82, 2.24) is 9.97 Å². The van der Waals surface area contributed by atoms with E-state index < -0.39 is 8.07 Å². The van der Waals surface area contributed by atoms with E-state index in [0.29, 0.717) is 5.56 Å². The van der Waals surface area contributed by atoms with Crippen molar-refractivity contribution < 1.29 is 24.5 Å². The second-order valence-electron chi connectivity index (χ2n) is 14.6. The summed E-state index contributed by atoms with van der Waals surface area (Å²) in [5, 5.41) is 3.46. The summed E-state index contributed by atoms with van der Waals surface area (Å²) in [6, 6.07) is 38.4. The standard InChI is InChI=1S/C28H23FNS.C15H18NSi.Ir/c1-28(2,3)17-18-13-14-30-23(15-18)20-9-11-24-21(16-20)27-25(31-24)12-10-22(29)26(27)19-7-5-4-6-8-19;1-12-10-14(13-8-6-5-7-9-13)16-11-15(12)17(2,3)4;/h4-8,10-16H,17H2,1-3H3;5-8,10-11H,1-4H3;/q2*-1;. The van der Waals surface area contributed by atoms with Crippen LogP contribution in [0.25, 0.3) is 53.8 Å². The molecular weight excluding hydrogens is 816 g/mol. The molecule has 0 spiro atoms. The van der Waals surface area contributed by atoms with Gasteiger partial charge in [-0.1, -0.05) is 99.4 Å². The molecule has 0 aliphatic rings. The monoisotopic (exact) mass is 857 g/mol. The summed E-state index contributed by atoms with van der Waals surface area (Å²) < 4.78 is 17.2. The van der Waals surface area contributed by atoms with E-state index in [2.05, 4.69) is 106 Å². The Morgan fingerprint density at radius 2 is 1.53 bits per heavy atom. The van der Waals surface area contributed by atoms with Gasteiger partial charge in [0.05, 0.1) is 8.07 Å². The third kappa shape index (κ3) is 8.50. The fourth-order valence-corrected chi connectivity index (χ4v) is 8.99. The molecule has 4 aromatic carbocycles. The summed E-state index contributed by atoms with van der Waals surface area (Å²) in [6.45, 7) is 16.0. The number of pyridine rings is 2. The Morgan fingerprint density at radius 3 is 2.20 bits per heavy atom. The maximum absolute atomic E-state index is 15.0. The predicted octanol–water partition coefficient (Wildman–Crippen LogP) is 11.7. The molecule has 0 unspecified atom stereocenters. The Bertz CT molecular complexity index is 2200. The summed E-state index contributed by atoms with van der Waals surface area (Å²) in [7, 11) is -1.27. The largest absolute Gasteiger partial charge is 0.305 e. The first-order valence-corrected chi connectivity index (χ1v) is 20.7. The van der Waals surface area contributed by atoms with Gasteiger partial charge in [-0.2, -0.15) is 11.3 Å². The van der Waals surface area contributed by atoms with Crippen LogP contribution in [0.1, 0.15) is 31.9 Å². The zero-order valence-corrected chi connectivity index (χ0v) is 33.3. The number of halogens is 1. The fourth-order valence-electron chi connectivity index (χ4n) is 6.21. The number of benzene rings is 4. The first-order chi connectivity index (χ1) is 22.9. The molecule has 6 heteroatoms. The van der Waals surface area contributed by atoms with Crippen LogP contribution >= 0.6 is 11.3 Å². The minimum Gasteiger partial charge on any atom is -0.305 e. The summed E-state index contributed by atoms with van der Waals surface area (Å²) in [4.78, 5) is 9.19. The van der Waals surface area contributed by atoms with Gasteiger partial charge < -0.3 is 9.97 Å². The van der Waals surface area contributed by atoms with Gasteiger partial charge in [-0.15, -0.1) is 59.7 Å². The van der Waals surface area contributed by atoms with Crippen molar-refractivity contribution >= 4 is 44.8 Å². The molecule has 0 N–H and O–H groups in total. The normalized spacial score (nSPS) is 11.6. The molecule has 3 heterocycles. The van der Waals surface area contributed by atoms with Crippen molar-refractivity contribution in [1.29, 1.82) is 0 Å². The van der Waals surface area contributed by atoms with Crippen LogP contribution in [0.5, 0.6) is 0 Å². The topological polar surface area (TPSA) is 25.8 Å². The maximum Gasteiger partial charge on any atom is 0.131 e. The fraction of sp³-hybridized carbons (Fsp3) is 0.209. The number of nitrogens with zero attached hydrogens (tertiary/aromatic N) is 2. The summed E-state index contributed by atoms with van der Waals surface area (Å²) >= 11 is 1.68. The Balaban J connectivity index is 0.000000221. The van der Waals surface area contributed by atoms with Gasteiger partial charge >= 0.3 is 0 Å². The van der Waals surface area contributed by atoms with Crippen molar-refractivity contribution in [3.05, 3.63) is 139 Å². The number of hydrogen-bond donors (Lipinski definition) is 0. The van der Waals surface area contributed by atoms with Crippen LogP contribution in [0.2, 0.25) is 19.6 Å². The van der Waals surface area contributed by atoms with Gasteiger partial charge in [-0.05, 0) is 69.2 Å². The van der Waals surface area contributed by atoms with Gasteiger partial charge in [0.2, 0.25) is 0 Å². The molecule has 7 aromatic rings. The number of aromatic nitrogens is 2. The van der Waals surface area contributed by atoms with Crippen LogP contribution in [0.15, 0.2) is 109 Å². The van der Waals surface area contributed by atoms with E-state index in [9.17, 15) is 0 Å². The molecule has 49 heavy (non-hydrogen) atoms. The van der Waals surface area contributed by atoms with Gasteiger partial charge in [0.15, 0.2) is 0 Å². The number of fused-ring (bicyclic) bond motifs is 3. The Hall–Kier alpha value is -3.80. The molecule has 0 bridgehead atoms. The first kappa shape index (κ1) is 36.5. The van der Waals surface area contributed by atoms with Crippen LogP contribution in [-0.4, -0.2) is 18.0 Å². The van der Waals surface area contributed by atoms with Crippen molar-refractivity contribution in [2.24, 2.45) is 5.41 Å². The van der Waals surface area contributed by atoms with E-state index in [4.69, 9.17) is 0 Å². The van der Waals surface area contributed by atoms with Crippen molar-refractivity contribution in [3.8, 4) is 33.6 Å². The van der Waals surface area contributed by atoms with Gasteiger partial charge in [0, 0.05) is 42.8 Å². The van der Waals surface area contributed by atoms with Crippen LogP contribution < -0.4 is 5.19 Å². The van der Waals surface area contributed by atoms with E-state index in [-0.39, 0.29) is 31.3 Å². The Morgan fingerprint density at radius 1 is 0.796 bits per heavy atom. The van der Waals surface area contributed by atoms with Gasteiger partial charge in [-0.3, -0.25) is 0 Å². The molecule has 0 amide bonds. The van der Waals surface area contributed by atoms with Crippen LogP contribution in [-0.2, 0) is 26.5 Å². The molecule has 0 fully saturated rings. The molecule has 0 saturated heterocycles. The Labute approximate surface area is 308 Å². The first-order valence-electron chi connectivity index (χ1n) is 16.4. The summed E-state index contributed by atoms with van der Waals surface area (Å²) in [6.07, 6.45) is 4.91. The maximum atomic E-state index is 15.0. The van der Waals surface area contributed by atoms with E-state index >= 15 is 4.39 Å². The molecule has 0 saturated carbocycles. The summed E-state index contributed by atoms with van der Waals surface area (Å²) in [5.74, 6) is -0.196. The zero-order valence-electron chi connectivity index (χ0n) is 29.1. The Kier molecular flexibility index (Phi) is 11.2. The molecule has 0 aliphatic heterocycles. The molecule has 0 atom stereocenters. The minimum absolute atomic E-state index is 0. The number of hydrogen-bond acceptors (Lipinski definition) is 3. The quantitative estimate of drug-likeness (QED) is 0.127. The number of aryl methyl sites for hydroxylation is 1. The van der Waals surface area contributed by atoms with Gasteiger partial charge in [0.25, 0.3) is 0 Å². The average Bonchev–Trinajstić information content (AvgIpc) is 3.42. The van der Waals surface area contributed by atoms with Gasteiger partial charge in [-0.25, -0.2) is 4.39 Å². The van der Waals surface area contributed by atoms with E-state index in [1.54, 1.807) is 17.4 Å². The third-order valence-corrected chi connectivity index (χ3v) is 11.6. The molecule has 3 aromatic heterocycles. The van der Waals surface area contributed by atoms with Crippen LogP contribution in [0.3, 0.4) is 0 Å². The zero-order chi connectivity index (χ0) is 34.1. The average molecular weight is 857 g/mol.